The molecule has 0 unspecified atom stereocenters. The third-order valence-corrected chi connectivity index (χ3v) is 4.74. The highest BCUT2D eigenvalue weighted by atomic mass is 19.3. The van der Waals surface area contributed by atoms with Crippen molar-refractivity contribution >= 4 is 11.8 Å². The van der Waals surface area contributed by atoms with Crippen molar-refractivity contribution in [1.82, 2.24) is 15.1 Å². The predicted octanol–water partition coefficient (Wildman–Crippen LogP) is 3.96. The minimum absolute atomic E-state index is 0.0568. The molecule has 146 valence electrons. The average molecular weight is 382 g/mol. The van der Waals surface area contributed by atoms with Crippen LogP contribution in [-0.4, -0.2) is 29.3 Å². The first-order chi connectivity index (χ1) is 12.9. The van der Waals surface area contributed by atoms with Crippen LogP contribution >= 0.6 is 0 Å². The van der Waals surface area contributed by atoms with Crippen LogP contribution in [0.2, 0.25) is 0 Å². The molecule has 0 saturated heterocycles. The molecule has 2 aromatic rings. The predicted molar refractivity (Wildman–Crippen MR) is 93.7 cm³/mol. The van der Waals surface area contributed by atoms with Crippen molar-refractivity contribution in [2.75, 3.05) is 12.4 Å². The van der Waals surface area contributed by atoms with E-state index < -0.39 is 24.3 Å². The minimum atomic E-state index is -2.92. The molecular formula is C18H21F3N4O2. The maximum Gasteiger partial charge on any atom is 0.321 e. The fraction of sp³-hybridized carbons (Fsp3) is 0.444. The fourth-order valence-electron chi connectivity index (χ4n) is 2.97. The number of halogens is 3. The highest BCUT2D eigenvalue weighted by Crippen LogP contribution is 2.36. The second-order valence-corrected chi connectivity index (χ2v) is 6.51. The van der Waals surface area contributed by atoms with E-state index in [-0.39, 0.29) is 11.3 Å². The monoisotopic (exact) mass is 382 g/mol. The van der Waals surface area contributed by atoms with Gasteiger partial charge in [-0.25, -0.2) is 18.0 Å². The summed E-state index contributed by atoms with van der Waals surface area (Å²) in [4.78, 5) is 12.2. The minimum Gasteiger partial charge on any atom is -0.494 e. The Morgan fingerprint density at radius 1 is 1.33 bits per heavy atom. The third kappa shape index (κ3) is 4.17. The molecule has 1 atom stereocenters. The van der Waals surface area contributed by atoms with Crippen LogP contribution in [0.3, 0.4) is 0 Å². The Hall–Kier alpha value is -2.71. The number of ether oxygens (including phenoxy) is 1. The van der Waals surface area contributed by atoms with Crippen LogP contribution in [0.4, 0.5) is 23.8 Å². The van der Waals surface area contributed by atoms with Crippen LogP contribution in [0.1, 0.15) is 42.5 Å². The molecule has 2 amide bonds. The van der Waals surface area contributed by atoms with Gasteiger partial charge in [0, 0.05) is 19.0 Å². The number of nitrogens with one attached hydrogen (secondary N) is 2. The first kappa shape index (κ1) is 19.1. The second kappa shape index (κ2) is 7.89. The summed E-state index contributed by atoms with van der Waals surface area (Å²) in [6.07, 6.45) is 0.345. The molecule has 1 aromatic carbocycles. The molecule has 1 heterocycles. The first-order valence-corrected chi connectivity index (χ1v) is 8.62. The number of amides is 2. The van der Waals surface area contributed by atoms with Crippen molar-refractivity contribution in [2.45, 2.75) is 37.6 Å². The van der Waals surface area contributed by atoms with E-state index >= 15 is 0 Å². The van der Waals surface area contributed by atoms with Crippen molar-refractivity contribution in [2.24, 2.45) is 7.05 Å². The SMILES string of the molecule is COc1ccc([C@H](NC(=O)Nc2cc(C3CCC3)nn2C)C(F)F)cc1F. The molecule has 1 saturated carbocycles. The van der Waals surface area contributed by atoms with Crippen molar-refractivity contribution in [1.29, 1.82) is 0 Å². The zero-order chi connectivity index (χ0) is 19.6. The molecule has 1 aliphatic carbocycles. The molecule has 0 radical (unpaired) electrons. The zero-order valence-corrected chi connectivity index (χ0v) is 15.0. The van der Waals surface area contributed by atoms with Crippen LogP contribution in [0.15, 0.2) is 24.3 Å². The van der Waals surface area contributed by atoms with E-state index in [1.165, 1.54) is 23.9 Å². The van der Waals surface area contributed by atoms with Crippen molar-refractivity contribution in [3.05, 3.63) is 41.3 Å². The number of benzene rings is 1. The summed E-state index contributed by atoms with van der Waals surface area (Å²) >= 11 is 0. The zero-order valence-electron chi connectivity index (χ0n) is 15.0. The molecule has 9 heteroatoms. The Morgan fingerprint density at radius 3 is 2.63 bits per heavy atom. The lowest BCUT2D eigenvalue weighted by Crippen LogP contribution is -2.36. The normalized spacial score (nSPS) is 15.3. The van der Waals surface area contributed by atoms with Crippen molar-refractivity contribution < 1.29 is 22.7 Å². The standard InChI is InChI=1S/C18H21F3N4O2/c1-25-15(9-13(24-25)10-4-3-5-10)22-18(26)23-16(17(20)21)11-6-7-14(27-2)12(19)8-11/h6-10,16-17H,3-5H2,1-2H3,(H2,22,23,26)/t16-/m0/s1. The quantitative estimate of drug-likeness (QED) is 0.795. The number of aryl methyl sites for hydroxylation is 1. The number of urea groups is 1. The lowest BCUT2D eigenvalue weighted by atomic mass is 9.83. The van der Waals surface area contributed by atoms with Gasteiger partial charge in [-0.15, -0.1) is 0 Å². The Balaban J connectivity index is 1.70. The smallest absolute Gasteiger partial charge is 0.321 e. The van der Waals surface area contributed by atoms with Gasteiger partial charge in [0.2, 0.25) is 0 Å². The van der Waals surface area contributed by atoms with Gasteiger partial charge in [-0.3, -0.25) is 10.00 Å². The topological polar surface area (TPSA) is 68.2 Å². The summed E-state index contributed by atoms with van der Waals surface area (Å²) in [5, 5.41) is 9.07. The molecule has 6 nitrogen and oxygen atoms in total. The Morgan fingerprint density at radius 2 is 2.07 bits per heavy atom. The van der Waals surface area contributed by atoms with Gasteiger partial charge in [-0.2, -0.15) is 5.10 Å². The van der Waals surface area contributed by atoms with Gasteiger partial charge in [-0.05, 0) is 30.5 Å². The van der Waals surface area contributed by atoms with Gasteiger partial charge in [0.15, 0.2) is 11.6 Å². The van der Waals surface area contributed by atoms with E-state index in [2.05, 4.69) is 15.7 Å². The van der Waals surface area contributed by atoms with E-state index in [0.29, 0.717) is 11.7 Å². The van der Waals surface area contributed by atoms with E-state index in [1.807, 2.05) is 0 Å². The van der Waals surface area contributed by atoms with Crippen LogP contribution in [0, 0.1) is 5.82 Å². The Kier molecular flexibility index (Phi) is 5.57. The van der Waals surface area contributed by atoms with Crippen LogP contribution in [0.5, 0.6) is 5.75 Å². The number of hydrogen-bond donors (Lipinski definition) is 2. The van der Waals surface area contributed by atoms with Crippen LogP contribution in [0.25, 0.3) is 0 Å². The number of nitrogens with zero attached hydrogens (tertiary/aromatic N) is 2. The number of aromatic nitrogens is 2. The van der Waals surface area contributed by atoms with Gasteiger partial charge in [0.1, 0.15) is 11.9 Å². The lowest BCUT2D eigenvalue weighted by molar-refractivity contribution is 0.102. The molecule has 0 aliphatic heterocycles. The molecule has 1 aromatic heterocycles. The lowest BCUT2D eigenvalue weighted by Gasteiger charge is -2.22. The van der Waals surface area contributed by atoms with E-state index in [9.17, 15) is 18.0 Å². The largest absolute Gasteiger partial charge is 0.494 e. The van der Waals surface area contributed by atoms with Crippen molar-refractivity contribution in [3.8, 4) is 5.75 Å². The number of rotatable bonds is 6. The number of anilines is 1. The average Bonchev–Trinajstić information content (AvgIpc) is 2.90. The summed E-state index contributed by atoms with van der Waals surface area (Å²) in [5.74, 6) is -0.0523. The van der Waals surface area contributed by atoms with Gasteiger partial charge >= 0.3 is 6.03 Å². The van der Waals surface area contributed by atoms with Crippen LogP contribution < -0.4 is 15.4 Å². The summed E-state index contributed by atoms with van der Waals surface area (Å²) in [6, 6.07) is 2.72. The summed E-state index contributed by atoms with van der Waals surface area (Å²) < 4.78 is 46.9. The third-order valence-electron chi connectivity index (χ3n) is 4.74. The number of hydrogen-bond acceptors (Lipinski definition) is 3. The number of alkyl halides is 2. The molecule has 1 aliphatic rings. The molecule has 3 rings (SSSR count). The highest BCUT2D eigenvalue weighted by Gasteiger charge is 2.27. The van der Waals surface area contributed by atoms with E-state index in [4.69, 9.17) is 4.74 Å². The van der Waals surface area contributed by atoms with Gasteiger partial charge in [-0.1, -0.05) is 12.5 Å². The number of carbonyl (C=O) groups excluding carboxylic acids is 1. The molecule has 0 bridgehead atoms. The van der Waals surface area contributed by atoms with Gasteiger partial charge in [0.05, 0.1) is 12.8 Å². The van der Waals surface area contributed by atoms with Gasteiger partial charge in [0.25, 0.3) is 6.43 Å². The maximum absolute atomic E-state index is 13.8. The number of carbonyl (C=O) groups is 1. The summed E-state index contributed by atoms with van der Waals surface area (Å²) in [5.41, 5.74) is 0.820. The summed E-state index contributed by atoms with van der Waals surface area (Å²) in [6.45, 7) is 0. The number of methoxy groups -OCH3 is 1. The molecule has 27 heavy (non-hydrogen) atoms. The molecule has 1 fully saturated rings. The summed E-state index contributed by atoms with van der Waals surface area (Å²) in [7, 11) is 2.95. The Labute approximate surface area is 154 Å². The highest BCUT2D eigenvalue weighted by molar-refractivity contribution is 5.88. The molecule has 0 spiro atoms. The first-order valence-electron chi connectivity index (χ1n) is 8.62. The van der Waals surface area contributed by atoms with E-state index in [0.717, 1.165) is 31.0 Å². The maximum atomic E-state index is 13.8. The fourth-order valence-corrected chi connectivity index (χ4v) is 2.97. The van der Waals surface area contributed by atoms with E-state index in [1.54, 1.807) is 13.1 Å². The molecule has 2 N–H and O–H groups in total. The van der Waals surface area contributed by atoms with Crippen molar-refractivity contribution in [3.63, 3.8) is 0 Å². The van der Waals surface area contributed by atoms with Gasteiger partial charge < -0.3 is 10.1 Å². The molecular weight excluding hydrogens is 361 g/mol. The van der Waals surface area contributed by atoms with Crippen LogP contribution in [-0.2, 0) is 7.05 Å². The second-order valence-electron chi connectivity index (χ2n) is 6.51. The Bertz CT molecular complexity index is 821.